The highest BCUT2D eigenvalue weighted by atomic mass is 32.1. The van der Waals surface area contributed by atoms with Crippen LogP contribution in [0.4, 0.5) is 5.13 Å². The first-order valence-corrected chi connectivity index (χ1v) is 5.57. The Labute approximate surface area is 93.4 Å². The van der Waals surface area contributed by atoms with Crippen LogP contribution in [0.15, 0.2) is 18.0 Å². The first-order valence-electron chi connectivity index (χ1n) is 4.69. The Bertz CT molecular complexity index is 359. The monoisotopic (exact) mass is 225 g/mol. The summed E-state index contributed by atoms with van der Waals surface area (Å²) in [4.78, 5) is 17.6. The van der Waals surface area contributed by atoms with E-state index in [1.165, 1.54) is 11.3 Å². The van der Waals surface area contributed by atoms with Crippen LogP contribution in [0.3, 0.4) is 0 Å². The molecule has 2 N–H and O–H groups in total. The molecule has 1 heterocycles. The minimum atomic E-state index is -0.0992. The lowest BCUT2D eigenvalue weighted by molar-refractivity contribution is 0.0723. The summed E-state index contributed by atoms with van der Waals surface area (Å²) in [5.74, 6) is -0.0992. The van der Waals surface area contributed by atoms with Crippen molar-refractivity contribution in [1.29, 1.82) is 0 Å². The van der Waals surface area contributed by atoms with Gasteiger partial charge >= 0.3 is 0 Å². The van der Waals surface area contributed by atoms with Gasteiger partial charge in [-0.25, -0.2) is 4.98 Å². The molecule has 5 heteroatoms. The summed E-state index contributed by atoms with van der Waals surface area (Å²) < 4.78 is 0. The molecule has 82 valence electrons. The van der Waals surface area contributed by atoms with Gasteiger partial charge in [0, 0.05) is 18.0 Å². The molecule has 0 saturated heterocycles. The molecule has 0 aliphatic rings. The third-order valence-corrected chi connectivity index (χ3v) is 2.62. The van der Waals surface area contributed by atoms with E-state index in [4.69, 9.17) is 5.73 Å². The fraction of sp³-hybridized carbons (Fsp3) is 0.400. The molecule has 0 bridgehead atoms. The molecule has 1 rings (SSSR count). The average molecular weight is 225 g/mol. The van der Waals surface area contributed by atoms with Crippen LogP contribution >= 0.6 is 11.3 Å². The van der Waals surface area contributed by atoms with E-state index in [0.717, 1.165) is 0 Å². The van der Waals surface area contributed by atoms with Crippen LogP contribution in [0.5, 0.6) is 0 Å². The summed E-state index contributed by atoms with van der Waals surface area (Å²) in [5, 5.41) is 2.09. The number of hydrogen-bond acceptors (Lipinski definition) is 4. The van der Waals surface area contributed by atoms with Crippen molar-refractivity contribution in [3.8, 4) is 0 Å². The fourth-order valence-electron chi connectivity index (χ4n) is 1.20. The summed E-state index contributed by atoms with van der Waals surface area (Å²) in [7, 11) is 0. The van der Waals surface area contributed by atoms with Gasteiger partial charge in [-0.1, -0.05) is 6.08 Å². The van der Waals surface area contributed by atoms with E-state index < -0.39 is 0 Å². The predicted molar refractivity (Wildman–Crippen MR) is 62.9 cm³/mol. The lowest BCUT2D eigenvalue weighted by Gasteiger charge is -2.24. The number of thiazole rings is 1. The molecule has 15 heavy (non-hydrogen) atoms. The van der Waals surface area contributed by atoms with E-state index in [2.05, 4.69) is 11.6 Å². The molecule has 0 aliphatic heterocycles. The highest BCUT2D eigenvalue weighted by Gasteiger charge is 2.19. The van der Waals surface area contributed by atoms with E-state index in [-0.39, 0.29) is 11.9 Å². The molecule has 0 fully saturated rings. The Kier molecular flexibility index (Phi) is 3.85. The van der Waals surface area contributed by atoms with Gasteiger partial charge in [-0.05, 0) is 13.8 Å². The molecule has 0 radical (unpaired) electrons. The summed E-state index contributed by atoms with van der Waals surface area (Å²) in [6.45, 7) is 8.06. The molecule has 4 nitrogen and oxygen atoms in total. The normalized spacial score (nSPS) is 10.3. The van der Waals surface area contributed by atoms with E-state index in [1.54, 1.807) is 16.4 Å². The number of nitrogens with zero attached hydrogens (tertiary/aromatic N) is 2. The van der Waals surface area contributed by atoms with Crippen LogP contribution in [-0.4, -0.2) is 28.4 Å². The minimum absolute atomic E-state index is 0.0992. The van der Waals surface area contributed by atoms with Gasteiger partial charge < -0.3 is 10.6 Å². The van der Waals surface area contributed by atoms with Crippen LogP contribution in [-0.2, 0) is 0 Å². The molecule has 0 aliphatic carbocycles. The number of aromatic nitrogens is 1. The van der Waals surface area contributed by atoms with Gasteiger partial charge in [0.2, 0.25) is 0 Å². The van der Waals surface area contributed by atoms with Crippen molar-refractivity contribution in [2.75, 3.05) is 12.3 Å². The molecule has 0 unspecified atom stereocenters. The average Bonchev–Trinajstić information content (AvgIpc) is 2.59. The highest BCUT2D eigenvalue weighted by molar-refractivity contribution is 7.13. The zero-order valence-electron chi connectivity index (χ0n) is 8.93. The molecular weight excluding hydrogens is 210 g/mol. The molecule has 1 aromatic rings. The van der Waals surface area contributed by atoms with Crippen LogP contribution < -0.4 is 5.73 Å². The lowest BCUT2D eigenvalue weighted by Crippen LogP contribution is -2.37. The largest absolute Gasteiger partial charge is 0.375 e. The van der Waals surface area contributed by atoms with Crippen molar-refractivity contribution in [2.45, 2.75) is 19.9 Å². The van der Waals surface area contributed by atoms with Crippen LogP contribution in [0.2, 0.25) is 0 Å². The van der Waals surface area contributed by atoms with Crippen molar-refractivity contribution in [3.63, 3.8) is 0 Å². The highest BCUT2D eigenvalue weighted by Crippen LogP contribution is 2.14. The maximum absolute atomic E-state index is 12.0. The Morgan fingerprint density at radius 1 is 1.80 bits per heavy atom. The van der Waals surface area contributed by atoms with E-state index in [0.29, 0.717) is 17.4 Å². The van der Waals surface area contributed by atoms with E-state index >= 15 is 0 Å². The van der Waals surface area contributed by atoms with Crippen LogP contribution in [0.25, 0.3) is 0 Å². The number of amides is 1. The summed E-state index contributed by atoms with van der Waals surface area (Å²) in [5.41, 5.74) is 5.89. The lowest BCUT2D eigenvalue weighted by atomic mass is 10.3. The van der Waals surface area contributed by atoms with Gasteiger partial charge in [0.05, 0.1) is 0 Å². The summed E-state index contributed by atoms with van der Waals surface area (Å²) in [6.07, 6.45) is 1.70. The van der Waals surface area contributed by atoms with Crippen LogP contribution in [0, 0.1) is 0 Å². The second-order valence-electron chi connectivity index (χ2n) is 3.41. The number of rotatable bonds is 4. The predicted octanol–water partition coefficient (Wildman–Crippen LogP) is 1.76. The number of nitrogen functional groups attached to an aromatic ring is 1. The Morgan fingerprint density at radius 3 is 2.87 bits per heavy atom. The van der Waals surface area contributed by atoms with Gasteiger partial charge in [-0.2, -0.15) is 0 Å². The number of anilines is 1. The first kappa shape index (κ1) is 11.7. The van der Waals surface area contributed by atoms with Gasteiger partial charge in [0.25, 0.3) is 5.91 Å². The molecule has 0 aromatic carbocycles. The Morgan fingerprint density at radius 2 is 2.47 bits per heavy atom. The van der Waals surface area contributed by atoms with Gasteiger partial charge in [-0.15, -0.1) is 17.9 Å². The minimum Gasteiger partial charge on any atom is -0.375 e. The number of hydrogen-bond donors (Lipinski definition) is 1. The smallest absolute Gasteiger partial charge is 0.273 e. The fourth-order valence-corrected chi connectivity index (χ4v) is 1.74. The zero-order valence-corrected chi connectivity index (χ0v) is 9.75. The molecule has 0 saturated carbocycles. The Balaban J connectivity index is 2.85. The van der Waals surface area contributed by atoms with Crippen molar-refractivity contribution in [2.24, 2.45) is 0 Å². The maximum Gasteiger partial charge on any atom is 0.273 e. The van der Waals surface area contributed by atoms with Crippen molar-refractivity contribution in [3.05, 3.63) is 23.7 Å². The third-order valence-electron chi connectivity index (χ3n) is 1.95. The third kappa shape index (κ3) is 2.79. The molecule has 0 spiro atoms. The summed E-state index contributed by atoms with van der Waals surface area (Å²) >= 11 is 1.27. The Hall–Kier alpha value is -1.36. The zero-order chi connectivity index (χ0) is 11.4. The summed E-state index contributed by atoms with van der Waals surface area (Å²) in [6, 6.07) is 0.124. The van der Waals surface area contributed by atoms with E-state index in [1.807, 2.05) is 13.8 Å². The number of carbonyl (C=O) groups excluding carboxylic acids is 1. The van der Waals surface area contributed by atoms with Crippen molar-refractivity contribution >= 4 is 22.4 Å². The van der Waals surface area contributed by atoms with Gasteiger partial charge in [0.15, 0.2) is 5.13 Å². The quantitative estimate of drug-likeness (QED) is 0.794. The topological polar surface area (TPSA) is 59.2 Å². The molecule has 1 amide bonds. The number of nitrogens with two attached hydrogens (primary N) is 1. The first-order chi connectivity index (χ1) is 7.06. The maximum atomic E-state index is 12.0. The van der Waals surface area contributed by atoms with Gasteiger partial charge in [-0.3, -0.25) is 4.79 Å². The van der Waals surface area contributed by atoms with Crippen molar-refractivity contribution < 1.29 is 4.79 Å². The second-order valence-corrected chi connectivity index (χ2v) is 4.30. The SMILES string of the molecule is C=CCN(C(=O)c1csc(N)n1)C(C)C. The standard InChI is InChI=1S/C10H15N3OS/c1-4-5-13(7(2)3)9(14)8-6-15-10(11)12-8/h4,6-7H,1,5H2,2-3H3,(H2,11,12). The van der Waals surface area contributed by atoms with Crippen LogP contribution in [0.1, 0.15) is 24.3 Å². The number of carbonyl (C=O) groups is 1. The van der Waals surface area contributed by atoms with E-state index in [9.17, 15) is 4.79 Å². The van der Waals surface area contributed by atoms with Gasteiger partial charge in [0.1, 0.15) is 5.69 Å². The van der Waals surface area contributed by atoms with Crippen molar-refractivity contribution in [1.82, 2.24) is 9.88 Å². The molecule has 0 atom stereocenters. The second kappa shape index (κ2) is 4.93. The molecular formula is C10H15N3OS. The molecule has 1 aromatic heterocycles.